The number of allylic oxidation sites excluding steroid dienone is 3. The van der Waals surface area contributed by atoms with Crippen molar-refractivity contribution in [2.45, 2.75) is 26.3 Å². The van der Waals surface area contributed by atoms with Crippen molar-refractivity contribution in [2.75, 3.05) is 19.0 Å². The smallest absolute Gasteiger partial charge is 0.258 e. The summed E-state index contributed by atoms with van der Waals surface area (Å²) in [6, 6.07) is 7.86. The summed E-state index contributed by atoms with van der Waals surface area (Å²) in [5, 5.41) is 0. The molecular formula is C18H20N2O2. The highest BCUT2D eigenvalue weighted by Crippen LogP contribution is 2.40. The fraction of sp³-hybridized carbons (Fsp3) is 0.333. The summed E-state index contributed by atoms with van der Waals surface area (Å²) in [6.45, 7) is 5.56. The maximum absolute atomic E-state index is 12.8. The van der Waals surface area contributed by atoms with E-state index in [0.29, 0.717) is 5.57 Å². The second-order valence-corrected chi connectivity index (χ2v) is 6.40. The van der Waals surface area contributed by atoms with Crippen molar-refractivity contribution in [3.8, 4) is 0 Å². The molecule has 0 unspecified atom stereocenters. The Hall–Kier alpha value is -2.36. The monoisotopic (exact) mass is 296 g/mol. The van der Waals surface area contributed by atoms with Crippen molar-refractivity contribution in [1.82, 2.24) is 4.90 Å². The number of rotatable bonds is 0. The molecule has 0 aliphatic carbocycles. The molecule has 1 fully saturated rings. The third kappa shape index (κ3) is 1.76. The van der Waals surface area contributed by atoms with Gasteiger partial charge in [0.05, 0.1) is 5.57 Å². The molecular weight excluding hydrogens is 276 g/mol. The molecule has 22 heavy (non-hydrogen) atoms. The van der Waals surface area contributed by atoms with E-state index in [1.54, 1.807) is 20.9 Å². The highest BCUT2D eigenvalue weighted by Gasteiger charge is 2.48. The third-order valence-corrected chi connectivity index (χ3v) is 4.85. The lowest BCUT2D eigenvalue weighted by Gasteiger charge is -2.28. The lowest BCUT2D eigenvalue weighted by molar-refractivity contribution is -0.128. The van der Waals surface area contributed by atoms with Gasteiger partial charge >= 0.3 is 0 Å². The molecule has 0 saturated carbocycles. The summed E-state index contributed by atoms with van der Waals surface area (Å²) in [7, 11) is 3.67. The van der Waals surface area contributed by atoms with E-state index in [1.165, 1.54) is 4.90 Å². The minimum atomic E-state index is -0.792. The minimum absolute atomic E-state index is 0.113. The maximum Gasteiger partial charge on any atom is 0.258 e. The van der Waals surface area contributed by atoms with Crippen LogP contribution in [0.2, 0.25) is 0 Å². The molecule has 0 bridgehead atoms. The normalized spacial score (nSPS) is 23.8. The predicted molar refractivity (Wildman–Crippen MR) is 87.4 cm³/mol. The summed E-state index contributed by atoms with van der Waals surface area (Å²) in [4.78, 5) is 29.0. The van der Waals surface area contributed by atoms with E-state index < -0.39 is 5.54 Å². The SMILES string of the molecule is CC1=C/C(=C2\C(=O)N(C)C(C)(C)C2=O)c2ccccc2N1C. The highest BCUT2D eigenvalue weighted by atomic mass is 16.2. The number of ketones is 1. The van der Waals surface area contributed by atoms with Crippen molar-refractivity contribution in [3.05, 3.63) is 47.2 Å². The van der Waals surface area contributed by atoms with Gasteiger partial charge in [-0.15, -0.1) is 0 Å². The zero-order valence-electron chi connectivity index (χ0n) is 13.6. The van der Waals surface area contributed by atoms with Crippen molar-refractivity contribution in [1.29, 1.82) is 0 Å². The second-order valence-electron chi connectivity index (χ2n) is 6.40. The first-order chi connectivity index (χ1) is 10.3. The lowest BCUT2D eigenvalue weighted by Crippen LogP contribution is -2.41. The van der Waals surface area contributed by atoms with Gasteiger partial charge in [0.1, 0.15) is 5.54 Å². The number of likely N-dealkylation sites (N-methyl/N-ethyl adjacent to an activating group) is 1. The Balaban J connectivity index is 2.32. The van der Waals surface area contributed by atoms with Crippen LogP contribution in [0.25, 0.3) is 5.57 Å². The molecule has 1 aromatic carbocycles. The number of para-hydroxylation sites is 1. The van der Waals surface area contributed by atoms with Gasteiger partial charge in [0.2, 0.25) is 0 Å². The number of nitrogens with zero attached hydrogens (tertiary/aromatic N) is 2. The Kier molecular flexibility index (Phi) is 3.02. The van der Waals surface area contributed by atoms with Crippen LogP contribution in [0.3, 0.4) is 0 Å². The molecule has 0 spiro atoms. The van der Waals surface area contributed by atoms with E-state index in [-0.39, 0.29) is 11.7 Å². The highest BCUT2D eigenvalue weighted by molar-refractivity contribution is 6.33. The number of fused-ring (bicyclic) bond motifs is 1. The first-order valence-corrected chi connectivity index (χ1v) is 7.35. The molecule has 4 heteroatoms. The average molecular weight is 296 g/mol. The third-order valence-electron chi connectivity index (χ3n) is 4.85. The van der Waals surface area contributed by atoms with Crippen molar-refractivity contribution in [3.63, 3.8) is 0 Å². The van der Waals surface area contributed by atoms with E-state index in [4.69, 9.17) is 0 Å². The van der Waals surface area contributed by atoms with Crippen molar-refractivity contribution >= 4 is 23.0 Å². The standard InChI is InChI=1S/C18H20N2O2/c1-11-10-13(12-8-6-7-9-14(12)19(11)4)15-16(21)18(2,3)20(5)17(15)22/h6-10H,1-5H3/b15-13+. The van der Waals surface area contributed by atoms with Crippen LogP contribution in [0.15, 0.2) is 41.6 Å². The number of carbonyl (C=O) groups is 2. The minimum Gasteiger partial charge on any atom is -0.348 e. The molecule has 0 atom stereocenters. The first-order valence-electron chi connectivity index (χ1n) is 7.35. The van der Waals surface area contributed by atoms with E-state index >= 15 is 0 Å². The number of hydrogen-bond acceptors (Lipinski definition) is 3. The van der Waals surface area contributed by atoms with Gasteiger partial charge in [-0.05, 0) is 32.9 Å². The van der Waals surface area contributed by atoms with Crippen LogP contribution < -0.4 is 4.90 Å². The van der Waals surface area contributed by atoms with E-state index in [2.05, 4.69) is 4.90 Å². The molecule has 1 saturated heterocycles. The Morgan fingerprint density at radius 1 is 1.05 bits per heavy atom. The number of Topliss-reactive ketones (excluding diaryl/α,β-unsaturated/α-hetero) is 1. The second kappa shape index (κ2) is 4.57. The van der Waals surface area contributed by atoms with Crippen LogP contribution in [0.1, 0.15) is 26.3 Å². The molecule has 1 aromatic rings. The van der Waals surface area contributed by atoms with Gasteiger partial charge in [0.15, 0.2) is 5.78 Å². The summed E-state index contributed by atoms with van der Waals surface area (Å²) in [5.41, 5.74) is 3.19. The molecule has 0 radical (unpaired) electrons. The zero-order chi connectivity index (χ0) is 16.2. The number of benzene rings is 1. The summed E-state index contributed by atoms with van der Waals surface area (Å²) >= 11 is 0. The van der Waals surface area contributed by atoms with Gasteiger partial charge in [-0.25, -0.2) is 0 Å². The molecule has 2 heterocycles. The van der Waals surface area contributed by atoms with Gasteiger partial charge < -0.3 is 9.80 Å². The van der Waals surface area contributed by atoms with Gasteiger partial charge in [-0.1, -0.05) is 18.2 Å². The van der Waals surface area contributed by atoms with E-state index in [9.17, 15) is 9.59 Å². The van der Waals surface area contributed by atoms with Crippen LogP contribution in [0.4, 0.5) is 5.69 Å². The molecule has 4 nitrogen and oxygen atoms in total. The fourth-order valence-electron chi connectivity index (χ4n) is 2.99. The van der Waals surface area contributed by atoms with Crippen LogP contribution in [-0.2, 0) is 9.59 Å². The quantitative estimate of drug-likeness (QED) is 0.546. The summed E-state index contributed by atoms with van der Waals surface area (Å²) in [6.07, 6.45) is 1.93. The maximum atomic E-state index is 12.8. The fourth-order valence-corrected chi connectivity index (χ4v) is 2.99. The van der Waals surface area contributed by atoms with Crippen LogP contribution in [0.5, 0.6) is 0 Å². The lowest BCUT2D eigenvalue weighted by atomic mass is 9.89. The van der Waals surface area contributed by atoms with Crippen molar-refractivity contribution in [2.24, 2.45) is 0 Å². The van der Waals surface area contributed by atoms with Gasteiger partial charge in [-0.3, -0.25) is 9.59 Å². The van der Waals surface area contributed by atoms with Crippen LogP contribution >= 0.6 is 0 Å². The summed E-state index contributed by atoms with van der Waals surface area (Å²) in [5.74, 6) is -0.313. The number of carbonyl (C=O) groups excluding carboxylic acids is 2. The van der Waals surface area contributed by atoms with Crippen LogP contribution in [-0.4, -0.2) is 36.2 Å². The molecule has 1 amide bonds. The Morgan fingerprint density at radius 3 is 2.27 bits per heavy atom. The molecule has 2 aliphatic heterocycles. The number of amides is 1. The van der Waals surface area contributed by atoms with Gasteiger partial charge in [-0.2, -0.15) is 0 Å². The predicted octanol–water partition coefficient (Wildman–Crippen LogP) is 2.61. The first kappa shape index (κ1) is 14.6. The molecule has 0 aromatic heterocycles. The van der Waals surface area contributed by atoms with Gasteiger partial charge in [0.25, 0.3) is 5.91 Å². The number of hydrogen-bond donors (Lipinski definition) is 0. The molecule has 3 rings (SSSR count). The van der Waals surface area contributed by atoms with E-state index in [0.717, 1.165) is 22.5 Å². The Labute approximate surface area is 130 Å². The average Bonchev–Trinajstić information content (AvgIpc) is 2.64. The molecule has 0 N–H and O–H groups in total. The largest absolute Gasteiger partial charge is 0.348 e. The zero-order valence-corrected chi connectivity index (χ0v) is 13.6. The number of likely N-dealkylation sites (tertiary alicyclic amines) is 1. The summed E-state index contributed by atoms with van der Waals surface area (Å²) < 4.78 is 0. The Bertz CT molecular complexity index is 756. The van der Waals surface area contributed by atoms with Crippen molar-refractivity contribution < 1.29 is 9.59 Å². The Morgan fingerprint density at radius 2 is 1.68 bits per heavy atom. The molecule has 2 aliphatic rings. The topological polar surface area (TPSA) is 40.6 Å². The van der Waals surface area contributed by atoms with Gasteiger partial charge in [0, 0.05) is 36.6 Å². The van der Waals surface area contributed by atoms with Crippen LogP contribution in [0, 0.1) is 0 Å². The molecule has 114 valence electrons. The number of anilines is 1. The van der Waals surface area contributed by atoms with E-state index in [1.807, 2.05) is 44.3 Å².